The van der Waals surface area contributed by atoms with E-state index in [0.29, 0.717) is 40.7 Å². The third-order valence-electron chi connectivity index (χ3n) is 3.81. The van der Waals surface area contributed by atoms with Gasteiger partial charge in [0.2, 0.25) is 15.9 Å². The Balaban J connectivity index is 2.11. The van der Waals surface area contributed by atoms with Crippen molar-refractivity contribution in [3.05, 3.63) is 33.8 Å². The number of benzene rings is 1. The van der Waals surface area contributed by atoms with Gasteiger partial charge >= 0.3 is 0 Å². The molecule has 0 aliphatic carbocycles. The normalized spacial score (nSPS) is 19.0. The Kier molecular flexibility index (Phi) is 6.67. The second-order valence-electron chi connectivity index (χ2n) is 5.59. The molecule has 1 N–H and O–H groups in total. The molecule has 1 heterocycles. The maximum Gasteiger partial charge on any atom is 0.238 e. The Bertz CT molecular complexity index is 783. The van der Waals surface area contributed by atoms with E-state index in [0.717, 1.165) is 6.26 Å². The molecule has 1 saturated heterocycles. The molecule has 0 spiro atoms. The zero-order valence-corrected chi connectivity index (χ0v) is 16.2. The molecular formula is C15H19Cl2N3O4S. The van der Waals surface area contributed by atoms with E-state index in [1.54, 1.807) is 18.2 Å². The first-order valence-electron chi connectivity index (χ1n) is 7.54. The van der Waals surface area contributed by atoms with Crippen LogP contribution < -0.4 is 5.32 Å². The fourth-order valence-corrected chi connectivity index (χ4v) is 4.34. The molecule has 7 nitrogen and oxygen atoms in total. The molecule has 1 aromatic rings. The van der Waals surface area contributed by atoms with E-state index in [-0.39, 0.29) is 12.5 Å². The van der Waals surface area contributed by atoms with Crippen LogP contribution in [0.15, 0.2) is 23.4 Å². The summed E-state index contributed by atoms with van der Waals surface area (Å²) in [6.07, 6.45) is 2.23. The number of carbonyl (C=O) groups is 1. The van der Waals surface area contributed by atoms with Crippen LogP contribution in [0.4, 0.5) is 0 Å². The topological polar surface area (TPSA) is 88.1 Å². The van der Waals surface area contributed by atoms with Gasteiger partial charge in [0.1, 0.15) is 18.9 Å². The standard InChI is InChI=1S/C15H19Cl2N3O4S/c1-24-19-13(11-6-5-10(16)8-12(11)17)9-18-15(21)14-4-3-7-20(14)25(2,22)23/h5-6,8,14H,3-4,7,9H2,1-2H3,(H,18,21). The van der Waals surface area contributed by atoms with Crippen molar-refractivity contribution in [1.82, 2.24) is 9.62 Å². The number of amides is 1. The number of nitrogens with one attached hydrogen (secondary N) is 1. The number of nitrogens with zero attached hydrogens (tertiary/aromatic N) is 2. The third kappa shape index (κ3) is 5.07. The van der Waals surface area contributed by atoms with Crippen molar-refractivity contribution in [2.75, 3.05) is 26.5 Å². The molecule has 1 unspecified atom stereocenters. The molecule has 25 heavy (non-hydrogen) atoms. The number of hydrogen-bond donors (Lipinski definition) is 1. The first-order valence-corrected chi connectivity index (χ1v) is 10.1. The molecule has 0 saturated carbocycles. The van der Waals surface area contributed by atoms with Crippen LogP contribution in [0.2, 0.25) is 10.0 Å². The zero-order valence-electron chi connectivity index (χ0n) is 13.8. The number of carbonyl (C=O) groups excluding carboxylic acids is 1. The van der Waals surface area contributed by atoms with E-state index in [4.69, 9.17) is 28.0 Å². The van der Waals surface area contributed by atoms with E-state index in [9.17, 15) is 13.2 Å². The van der Waals surface area contributed by atoms with Crippen LogP contribution in [0.25, 0.3) is 0 Å². The van der Waals surface area contributed by atoms with Crippen molar-refractivity contribution < 1.29 is 18.0 Å². The molecule has 2 rings (SSSR count). The largest absolute Gasteiger partial charge is 0.399 e. The molecular weight excluding hydrogens is 389 g/mol. The summed E-state index contributed by atoms with van der Waals surface area (Å²) in [6, 6.07) is 4.18. The Morgan fingerprint density at radius 1 is 1.44 bits per heavy atom. The number of sulfonamides is 1. The van der Waals surface area contributed by atoms with Crippen LogP contribution >= 0.6 is 23.2 Å². The number of hydrogen-bond acceptors (Lipinski definition) is 5. The smallest absolute Gasteiger partial charge is 0.238 e. The fourth-order valence-electron chi connectivity index (χ4n) is 2.70. The molecule has 10 heteroatoms. The quantitative estimate of drug-likeness (QED) is 0.575. The minimum absolute atomic E-state index is 0.0438. The van der Waals surface area contributed by atoms with Crippen LogP contribution in [0, 0.1) is 0 Å². The highest BCUT2D eigenvalue weighted by Crippen LogP contribution is 2.22. The molecule has 0 aromatic heterocycles. The van der Waals surface area contributed by atoms with Crippen LogP contribution in [0.1, 0.15) is 18.4 Å². The average Bonchev–Trinajstić information content (AvgIpc) is 3.01. The van der Waals surface area contributed by atoms with Gasteiger partial charge in [-0.15, -0.1) is 0 Å². The summed E-state index contributed by atoms with van der Waals surface area (Å²) >= 11 is 12.0. The maximum absolute atomic E-state index is 12.4. The summed E-state index contributed by atoms with van der Waals surface area (Å²) < 4.78 is 24.7. The van der Waals surface area contributed by atoms with Crippen molar-refractivity contribution in [3.8, 4) is 0 Å². The van der Waals surface area contributed by atoms with Crippen LogP contribution in [0.5, 0.6) is 0 Å². The van der Waals surface area contributed by atoms with Gasteiger partial charge < -0.3 is 10.2 Å². The number of halogens is 2. The summed E-state index contributed by atoms with van der Waals surface area (Å²) in [5, 5.41) is 7.45. The van der Waals surface area contributed by atoms with Crippen LogP contribution in [-0.2, 0) is 19.7 Å². The molecule has 0 bridgehead atoms. The third-order valence-corrected chi connectivity index (χ3v) is 5.64. The Labute approximate surface area is 157 Å². The lowest BCUT2D eigenvalue weighted by Crippen LogP contribution is -2.46. The summed E-state index contributed by atoms with van der Waals surface area (Å²) in [4.78, 5) is 17.2. The minimum atomic E-state index is -3.43. The van der Waals surface area contributed by atoms with Crippen molar-refractivity contribution in [1.29, 1.82) is 0 Å². The first-order chi connectivity index (χ1) is 11.7. The van der Waals surface area contributed by atoms with Gasteiger partial charge in [-0.3, -0.25) is 4.79 Å². The summed E-state index contributed by atoms with van der Waals surface area (Å²) in [5.74, 6) is -0.378. The SMILES string of the molecule is CON=C(CNC(=O)C1CCCN1S(C)(=O)=O)c1ccc(Cl)cc1Cl. The second-order valence-corrected chi connectivity index (χ2v) is 8.37. The van der Waals surface area contributed by atoms with Crippen molar-refractivity contribution in [2.45, 2.75) is 18.9 Å². The minimum Gasteiger partial charge on any atom is -0.399 e. The van der Waals surface area contributed by atoms with Crippen LogP contribution in [0.3, 0.4) is 0 Å². The Morgan fingerprint density at radius 2 is 2.16 bits per heavy atom. The lowest BCUT2D eigenvalue weighted by Gasteiger charge is -2.21. The summed E-state index contributed by atoms with van der Waals surface area (Å²) in [6.45, 7) is 0.390. The van der Waals surface area contributed by atoms with Gasteiger partial charge in [-0.2, -0.15) is 4.31 Å². The molecule has 1 amide bonds. The van der Waals surface area contributed by atoms with Gasteiger partial charge in [0.25, 0.3) is 0 Å². The lowest BCUT2D eigenvalue weighted by atomic mass is 10.1. The first kappa shape index (κ1) is 20.0. The van der Waals surface area contributed by atoms with Gasteiger partial charge in [-0.25, -0.2) is 8.42 Å². The predicted octanol–water partition coefficient (Wildman–Crippen LogP) is 1.88. The maximum atomic E-state index is 12.4. The molecule has 138 valence electrons. The highest BCUT2D eigenvalue weighted by atomic mass is 35.5. The highest BCUT2D eigenvalue weighted by Gasteiger charge is 2.36. The number of oxime groups is 1. The Morgan fingerprint density at radius 3 is 2.76 bits per heavy atom. The van der Waals surface area contributed by atoms with E-state index in [2.05, 4.69) is 10.5 Å². The Hall–Kier alpha value is -1.35. The highest BCUT2D eigenvalue weighted by molar-refractivity contribution is 7.88. The molecule has 0 radical (unpaired) electrons. The molecule has 1 aromatic carbocycles. The fraction of sp³-hybridized carbons (Fsp3) is 0.467. The van der Waals surface area contributed by atoms with Gasteiger partial charge in [-0.05, 0) is 31.0 Å². The predicted molar refractivity (Wildman–Crippen MR) is 97.6 cm³/mol. The van der Waals surface area contributed by atoms with Gasteiger partial charge in [0.15, 0.2) is 0 Å². The lowest BCUT2D eigenvalue weighted by molar-refractivity contribution is -0.123. The van der Waals surface area contributed by atoms with E-state index < -0.39 is 16.1 Å². The summed E-state index contributed by atoms with van der Waals surface area (Å²) in [7, 11) is -2.04. The van der Waals surface area contributed by atoms with E-state index in [1.807, 2.05) is 0 Å². The van der Waals surface area contributed by atoms with E-state index in [1.165, 1.54) is 11.4 Å². The summed E-state index contributed by atoms with van der Waals surface area (Å²) in [5.41, 5.74) is 0.973. The monoisotopic (exact) mass is 407 g/mol. The average molecular weight is 408 g/mol. The van der Waals surface area contributed by atoms with Gasteiger partial charge in [-0.1, -0.05) is 28.4 Å². The van der Waals surface area contributed by atoms with Crippen LogP contribution in [-0.4, -0.2) is 56.8 Å². The van der Waals surface area contributed by atoms with Crippen molar-refractivity contribution in [3.63, 3.8) is 0 Å². The number of rotatable bonds is 6. The van der Waals surface area contributed by atoms with Gasteiger partial charge in [0.05, 0.1) is 17.8 Å². The van der Waals surface area contributed by atoms with Crippen molar-refractivity contribution >= 4 is 44.8 Å². The molecule has 1 atom stereocenters. The van der Waals surface area contributed by atoms with E-state index >= 15 is 0 Å². The van der Waals surface area contributed by atoms with Gasteiger partial charge in [0, 0.05) is 17.1 Å². The molecule has 1 aliphatic rings. The molecule has 1 fully saturated rings. The molecule has 1 aliphatic heterocycles. The second kappa shape index (κ2) is 8.35. The zero-order chi connectivity index (χ0) is 18.6. The van der Waals surface area contributed by atoms with Crippen molar-refractivity contribution in [2.24, 2.45) is 5.16 Å².